The molecule has 12 N–H and O–H groups in total. The molecule has 6 aromatic rings. The van der Waals surface area contributed by atoms with Gasteiger partial charge in [0.2, 0.25) is 17.8 Å². The first-order chi connectivity index (χ1) is 24.2. The van der Waals surface area contributed by atoms with Gasteiger partial charge in [-0.1, -0.05) is 66.7 Å². The number of nitrogens with zero attached hydrogens (tertiary/aromatic N) is 4. The van der Waals surface area contributed by atoms with Gasteiger partial charge < -0.3 is 47.8 Å². The van der Waals surface area contributed by atoms with Gasteiger partial charge in [0.1, 0.15) is 23.0 Å². The van der Waals surface area contributed by atoms with E-state index in [-0.39, 0.29) is 52.1 Å². The number of phenolic OH excluding ortho intramolecular Hbond substituents is 4. The Morgan fingerprint density at radius 2 is 1.06 bits per heavy atom. The largest absolute Gasteiger partial charge is 0.508 e. The number of nitrogen functional groups attached to an aromatic ring is 3. The van der Waals surface area contributed by atoms with Crippen LogP contribution in [0.3, 0.4) is 0 Å². The zero-order valence-corrected chi connectivity index (χ0v) is 26.5. The molecule has 0 amide bonds. The van der Waals surface area contributed by atoms with Crippen molar-refractivity contribution in [1.29, 1.82) is 0 Å². The van der Waals surface area contributed by atoms with Crippen molar-refractivity contribution < 1.29 is 45.2 Å². The van der Waals surface area contributed by atoms with Gasteiger partial charge in [-0.3, -0.25) is 14.9 Å². The van der Waals surface area contributed by atoms with E-state index in [0.29, 0.717) is 22.6 Å². The van der Waals surface area contributed by atoms with E-state index in [9.17, 15) is 29.9 Å². The monoisotopic (exact) mass is 699 g/mol. The van der Waals surface area contributed by atoms with Gasteiger partial charge in [0.25, 0.3) is 5.69 Å². The molecular weight excluding hydrogens is 666 g/mol. The van der Waals surface area contributed by atoms with Crippen LogP contribution >= 0.6 is 0 Å². The minimum absolute atomic E-state index is 0.0417. The Balaban J connectivity index is 0.000000223. The maximum Gasteiger partial charge on any atom is 0.337 e. The molecular formula is C34H33N7O10. The van der Waals surface area contributed by atoms with Crippen LogP contribution in [0.2, 0.25) is 0 Å². The lowest BCUT2D eigenvalue weighted by molar-refractivity contribution is -0.385. The molecule has 0 spiro atoms. The van der Waals surface area contributed by atoms with Crippen LogP contribution < -0.4 is 17.2 Å². The molecule has 6 rings (SSSR count). The fourth-order valence-electron chi connectivity index (χ4n) is 3.69. The number of aromatic hydroxyl groups is 4. The number of aliphatic carboxylic acids is 1. The van der Waals surface area contributed by atoms with E-state index in [0.717, 1.165) is 0 Å². The van der Waals surface area contributed by atoms with Crippen molar-refractivity contribution in [3.63, 3.8) is 0 Å². The molecule has 264 valence electrons. The third kappa shape index (κ3) is 13.6. The van der Waals surface area contributed by atoms with E-state index in [4.69, 9.17) is 37.6 Å². The second-order valence-corrected chi connectivity index (χ2v) is 9.66. The smallest absolute Gasteiger partial charge is 0.337 e. The second-order valence-electron chi connectivity index (χ2n) is 9.66. The maximum atomic E-state index is 10.2. The van der Waals surface area contributed by atoms with Crippen molar-refractivity contribution in [3.8, 4) is 23.0 Å². The summed E-state index contributed by atoms with van der Waals surface area (Å²) in [4.78, 5) is 40.6. The van der Waals surface area contributed by atoms with Crippen LogP contribution in [-0.2, 0) is 4.79 Å². The third-order valence-corrected chi connectivity index (χ3v) is 6.02. The molecule has 0 saturated carbocycles. The number of anilines is 3. The Hall–Kier alpha value is -7.53. The molecule has 0 fully saturated rings. The number of carboxylic acids is 1. The molecule has 1 unspecified atom stereocenters. The minimum Gasteiger partial charge on any atom is -0.508 e. The van der Waals surface area contributed by atoms with Crippen LogP contribution in [0.4, 0.5) is 23.5 Å². The van der Waals surface area contributed by atoms with E-state index in [1.54, 1.807) is 72.8 Å². The summed E-state index contributed by atoms with van der Waals surface area (Å²) in [6.07, 6.45) is -0.936. The Labute approximate surface area is 289 Å². The number of carboxylic acid groups (broad SMARTS) is 1. The molecule has 17 nitrogen and oxygen atoms in total. The van der Waals surface area contributed by atoms with E-state index in [1.165, 1.54) is 42.5 Å². The number of aliphatic hydroxyl groups is 1. The van der Waals surface area contributed by atoms with E-state index in [2.05, 4.69) is 15.0 Å². The lowest BCUT2D eigenvalue weighted by Crippen LogP contribution is -2.09. The number of nitrogens with two attached hydrogens (primary N) is 3. The molecule has 0 radical (unpaired) electrons. The van der Waals surface area contributed by atoms with Crippen molar-refractivity contribution in [2.75, 3.05) is 17.2 Å². The molecule has 0 saturated heterocycles. The lowest BCUT2D eigenvalue weighted by Gasteiger charge is -2.03. The Kier molecular flexibility index (Phi) is 15.5. The number of nitro groups is 1. The van der Waals surface area contributed by atoms with Crippen molar-refractivity contribution in [2.45, 2.75) is 6.10 Å². The van der Waals surface area contributed by atoms with Crippen molar-refractivity contribution in [2.24, 2.45) is 0 Å². The standard InChI is InChI=1S/C10H8O2.C8H8O3.C7H5NO3.C6H6O2.C3H6N6/c11-9-5-1-3-7-8(9)4-2-6-10(7)12;9-7(8(10)11)6-4-2-1-3-5-6;9-5-6-3-1-2-4-7(6)8(10)11;7-5-1-2-6(8)4-3-5;4-1-7-2(5)9-3(6)8-1/h1-6,11-12H;1-5,7,9H,(H,10,11);1-5H;1-4,7-8H;(H6,4,5,6,7,8,9). The fourth-order valence-corrected chi connectivity index (χ4v) is 3.69. The average Bonchev–Trinajstić information content (AvgIpc) is 3.10. The predicted molar refractivity (Wildman–Crippen MR) is 188 cm³/mol. The predicted octanol–water partition coefficient (Wildman–Crippen LogP) is 4.18. The first kappa shape index (κ1) is 39.6. The number of aldehydes is 1. The zero-order chi connectivity index (χ0) is 37.9. The molecule has 51 heavy (non-hydrogen) atoms. The number of carbonyl (C=O) groups excluding carboxylic acids is 1. The number of benzene rings is 5. The van der Waals surface area contributed by atoms with E-state index in [1.807, 2.05) is 0 Å². The normalized spacial score (nSPS) is 10.1. The molecule has 5 aromatic carbocycles. The van der Waals surface area contributed by atoms with Crippen LogP contribution in [0.5, 0.6) is 23.0 Å². The van der Waals surface area contributed by atoms with E-state index >= 15 is 0 Å². The summed E-state index contributed by atoms with van der Waals surface area (Å²) in [5.74, 6) is -0.367. The number of hydrogen-bond acceptors (Lipinski definition) is 15. The van der Waals surface area contributed by atoms with Crippen LogP contribution in [-0.4, -0.2) is 62.8 Å². The van der Waals surface area contributed by atoms with Gasteiger partial charge in [0, 0.05) is 16.8 Å². The Bertz CT molecular complexity index is 1920. The van der Waals surface area contributed by atoms with Crippen molar-refractivity contribution in [3.05, 3.63) is 137 Å². The summed E-state index contributed by atoms with van der Waals surface area (Å²) in [5.41, 5.74) is 15.8. The van der Waals surface area contributed by atoms with Gasteiger partial charge in [0.05, 0.1) is 10.5 Å². The summed E-state index contributed by atoms with van der Waals surface area (Å²) in [7, 11) is 0. The summed E-state index contributed by atoms with van der Waals surface area (Å²) in [6, 6.07) is 29.9. The number of phenols is 4. The summed E-state index contributed by atoms with van der Waals surface area (Å²) in [6.45, 7) is 0. The summed E-state index contributed by atoms with van der Waals surface area (Å²) < 4.78 is 0. The second kappa shape index (κ2) is 20.0. The first-order valence-corrected chi connectivity index (χ1v) is 14.3. The Morgan fingerprint density at radius 1 is 0.647 bits per heavy atom. The first-order valence-electron chi connectivity index (χ1n) is 14.3. The highest BCUT2D eigenvalue weighted by Crippen LogP contribution is 2.30. The number of rotatable bonds is 4. The number of fused-ring (bicyclic) bond motifs is 1. The fraction of sp³-hybridized carbons (Fsp3) is 0.0294. The molecule has 1 aromatic heterocycles. The molecule has 0 aliphatic heterocycles. The molecule has 0 bridgehead atoms. The van der Waals surface area contributed by atoms with Crippen molar-refractivity contribution in [1.82, 2.24) is 15.0 Å². The SMILES string of the molecule is Nc1nc(N)nc(N)n1.O=C(O)C(O)c1ccccc1.O=Cc1ccccc1[N+](=O)[O-].Oc1ccc(O)cc1.Oc1cccc2c(O)cccc12. The van der Waals surface area contributed by atoms with Crippen molar-refractivity contribution >= 4 is 46.6 Å². The van der Waals surface area contributed by atoms with E-state index < -0.39 is 17.0 Å². The molecule has 0 aliphatic rings. The maximum absolute atomic E-state index is 10.2. The van der Waals surface area contributed by atoms with Crippen LogP contribution in [0.25, 0.3) is 10.8 Å². The van der Waals surface area contributed by atoms with Crippen LogP contribution in [0.15, 0.2) is 115 Å². The molecule has 0 aliphatic carbocycles. The van der Waals surface area contributed by atoms with Gasteiger partial charge >= 0.3 is 5.97 Å². The average molecular weight is 700 g/mol. The third-order valence-electron chi connectivity index (χ3n) is 6.02. The number of aromatic nitrogens is 3. The summed E-state index contributed by atoms with van der Waals surface area (Å²) in [5, 5.41) is 65.0. The highest BCUT2D eigenvalue weighted by molar-refractivity contribution is 5.92. The highest BCUT2D eigenvalue weighted by Gasteiger charge is 2.14. The topological polar surface area (TPSA) is 315 Å². The molecule has 1 atom stereocenters. The highest BCUT2D eigenvalue weighted by atomic mass is 16.6. The molecule has 1 heterocycles. The van der Waals surface area contributed by atoms with Gasteiger partial charge in [0.15, 0.2) is 12.4 Å². The molecule has 17 heteroatoms. The number of hydrogen-bond donors (Lipinski definition) is 9. The number of para-hydroxylation sites is 1. The number of nitro benzene ring substituents is 1. The van der Waals surface area contributed by atoms with Crippen LogP contribution in [0, 0.1) is 10.1 Å². The van der Waals surface area contributed by atoms with Gasteiger partial charge in [-0.15, -0.1) is 0 Å². The van der Waals surface area contributed by atoms with Gasteiger partial charge in [-0.2, -0.15) is 15.0 Å². The Morgan fingerprint density at radius 3 is 1.43 bits per heavy atom. The van der Waals surface area contributed by atoms with Gasteiger partial charge in [-0.25, -0.2) is 4.79 Å². The number of aliphatic hydroxyl groups excluding tert-OH is 1. The quantitative estimate of drug-likeness (QED) is 0.0539. The minimum atomic E-state index is -1.41. The number of carbonyl (C=O) groups is 2. The summed E-state index contributed by atoms with van der Waals surface area (Å²) >= 11 is 0. The van der Waals surface area contributed by atoms with Gasteiger partial charge in [-0.05, 0) is 48.0 Å². The zero-order valence-electron chi connectivity index (χ0n) is 26.5. The van der Waals surface area contributed by atoms with Crippen LogP contribution in [0.1, 0.15) is 22.0 Å². The lowest BCUT2D eigenvalue weighted by atomic mass is 10.1.